The first-order chi connectivity index (χ1) is 9.49. The summed E-state index contributed by atoms with van der Waals surface area (Å²) in [5, 5.41) is 8.80. The van der Waals surface area contributed by atoms with E-state index < -0.39 is 34.8 Å². The van der Waals surface area contributed by atoms with Crippen LogP contribution in [0.25, 0.3) is 0 Å². The van der Waals surface area contributed by atoms with Gasteiger partial charge in [0.2, 0.25) is 5.82 Å². The molecule has 7 heteroatoms. The summed E-state index contributed by atoms with van der Waals surface area (Å²) in [5.41, 5.74) is -0.889. The first-order valence-electron chi connectivity index (χ1n) is 6.38. The van der Waals surface area contributed by atoms with Crippen LogP contribution in [0.2, 0.25) is 0 Å². The zero-order chi connectivity index (χ0) is 14.9. The largest absolute Gasteiger partial charge is 0.396 e. The molecule has 1 aromatic rings. The van der Waals surface area contributed by atoms with E-state index in [4.69, 9.17) is 5.11 Å². The third kappa shape index (κ3) is 2.46. The number of halogens is 5. The van der Waals surface area contributed by atoms with Gasteiger partial charge in [0.1, 0.15) is 5.69 Å². The Bertz CT molecular complexity index is 475. The molecule has 0 saturated heterocycles. The van der Waals surface area contributed by atoms with Gasteiger partial charge in [-0.25, -0.2) is 22.0 Å². The topological polar surface area (TPSA) is 23.5 Å². The van der Waals surface area contributed by atoms with Crippen molar-refractivity contribution in [2.24, 2.45) is 0 Å². The molecule has 0 bridgehead atoms. The number of nitrogens with zero attached hydrogens (tertiary/aromatic N) is 1. The van der Waals surface area contributed by atoms with Gasteiger partial charge in [-0.3, -0.25) is 0 Å². The van der Waals surface area contributed by atoms with E-state index in [1.165, 1.54) is 4.90 Å². The Hall–Kier alpha value is -1.37. The van der Waals surface area contributed by atoms with Crippen molar-refractivity contribution >= 4 is 5.69 Å². The Morgan fingerprint density at radius 3 is 1.80 bits per heavy atom. The number of benzene rings is 1. The maximum absolute atomic E-state index is 13.8. The lowest BCUT2D eigenvalue weighted by Crippen LogP contribution is -2.42. The molecular weight excluding hydrogens is 281 g/mol. The van der Waals surface area contributed by atoms with E-state index in [1.54, 1.807) is 0 Å². The van der Waals surface area contributed by atoms with Gasteiger partial charge in [0.05, 0.1) is 0 Å². The van der Waals surface area contributed by atoms with Gasteiger partial charge in [0, 0.05) is 19.2 Å². The SMILES string of the molecule is OCCCN(c1c(F)c(F)c(F)c(F)c1F)C1CCC1. The molecule has 0 radical (unpaired) electrons. The van der Waals surface area contributed by atoms with Gasteiger partial charge in [-0.15, -0.1) is 0 Å². The van der Waals surface area contributed by atoms with Crippen molar-refractivity contribution in [3.05, 3.63) is 29.1 Å². The van der Waals surface area contributed by atoms with Crippen molar-refractivity contribution in [3.63, 3.8) is 0 Å². The van der Waals surface area contributed by atoms with Crippen LogP contribution in [0.3, 0.4) is 0 Å². The second-order valence-electron chi connectivity index (χ2n) is 4.77. The highest BCUT2D eigenvalue weighted by Gasteiger charge is 2.33. The molecular formula is C13H14F5NO. The molecule has 2 nitrogen and oxygen atoms in total. The van der Waals surface area contributed by atoms with Crippen molar-refractivity contribution < 1.29 is 27.1 Å². The van der Waals surface area contributed by atoms with Gasteiger partial charge in [-0.1, -0.05) is 0 Å². The molecule has 20 heavy (non-hydrogen) atoms. The van der Waals surface area contributed by atoms with E-state index >= 15 is 0 Å². The van der Waals surface area contributed by atoms with Crippen molar-refractivity contribution in [3.8, 4) is 0 Å². The molecule has 0 heterocycles. The van der Waals surface area contributed by atoms with Crippen LogP contribution in [-0.4, -0.2) is 24.3 Å². The summed E-state index contributed by atoms with van der Waals surface area (Å²) in [6.45, 7) is -0.182. The molecule has 0 aromatic heterocycles. The summed E-state index contributed by atoms with van der Waals surface area (Å²) in [6.07, 6.45) is 2.29. The molecule has 1 fully saturated rings. The van der Waals surface area contributed by atoms with Crippen molar-refractivity contribution in [1.82, 2.24) is 0 Å². The smallest absolute Gasteiger partial charge is 0.200 e. The van der Waals surface area contributed by atoms with Crippen molar-refractivity contribution in [1.29, 1.82) is 0 Å². The fourth-order valence-electron chi connectivity index (χ4n) is 2.26. The van der Waals surface area contributed by atoms with Crippen molar-refractivity contribution in [2.75, 3.05) is 18.1 Å². The third-order valence-electron chi connectivity index (χ3n) is 3.55. The summed E-state index contributed by atoms with van der Waals surface area (Å²) in [5.74, 6) is -9.66. The summed E-state index contributed by atoms with van der Waals surface area (Å²) < 4.78 is 67.0. The van der Waals surface area contributed by atoms with Gasteiger partial charge in [0.15, 0.2) is 23.3 Å². The predicted octanol–water partition coefficient (Wildman–Crippen LogP) is 3.12. The monoisotopic (exact) mass is 295 g/mol. The first kappa shape index (κ1) is 15.0. The lowest BCUT2D eigenvalue weighted by Gasteiger charge is -2.39. The Morgan fingerprint density at radius 2 is 1.40 bits per heavy atom. The second kappa shape index (κ2) is 5.95. The van der Waals surface area contributed by atoms with E-state index in [0.717, 1.165) is 6.42 Å². The van der Waals surface area contributed by atoms with Crippen molar-refractivity contribution in [2.45, 2.75) is 31.7 Å². The fourth-order valence-corrected chi connectivity index (χ4v) is 2.26. The van der Waals surface area contributed by atoms with Gasteiger partial charge in [0.25, 0.3) is 0 Å². The Morgan fingerprint density at radius 1 is 0.900 bits per heavy atom. The number of hydrogen-bond acceptors (Lipinski definition) is 2. The Balaban J connectivity index is 2.46. The average Bonchev–Trinajstić information content (AvgIpc) is 2.38. The van der Waals surface area contributed by atoms with E-state index in [1.807, 2.05) is 0 Å². The summed E-state index contributed by atoms with van der Waals surface area (Å²) in [4.78, 5) is 1.18. The molecule has 0 amide bonds. The summed E-state index contributed by atoms with van der Waals surface area (Å²) >= 11 is 0. The minimum atomic E-state index is -2.15. The van der Waals surface area contributed by atoms with Crippen LogP contribution in [-0.2, 0) is 0 Å². The number of aliphatic hydroxyl groups is 1. The van der Waals surface area contributed by atoms with Crippen LogP contribution >= 0.6 is 0 Å². The van der Waals surface area contributed by atoms with Crippen LogP contribution in [0.1, 0.15) is 25.7 Å². The molecule has 1 saturated carbocycles. The van der Waals surface area contributed by atoms with Gasteiger partial charge < -0.3 is 10.0 Å². The quantitative estimate of drug-likeness (QED) is 0.512. The highest BCUT2D eigenvalue weighted by atomic mass is 19.2. The van der Waals surface area contributed by atoms with Gasteiger partial charge in [-0.05, 0) is 25.7 Å². The molecule has 1 N–H and O–H groups in total. The molecule has 112 valence electrons. The summed E-state index contributed by atoms with van der Waals surface area (Å²) in [6, 6.07) is -0.255. The Kier molecular flexibility index (Phi) is 4.47. The molecule has 1 aliphatic carbocycles. The van der Waals surface area contributed by atoms with E-state index in [9.17, 15) is 22.0 Å². The zero-order valence-corrected chi connectivity index (χ0v) is 10.6. The fraction of sp³-hybridized carbons (Fsp3) is 0.538. The molecule has 0 unspecified atom stereocenters. The maximum atomic E-state index is 13.8. The second-order valence-corrected chi connectivity index (χ2v) is 4.77. The number of hydrogen-bond donors (Lipinski definition) is 1. The number of anilines is 1. The van der Waals surface area contributed by atoms with Gasteiger partial charge >= 0.3 is 0 Å². The summed E-state index contributed by atoms with van der Waals surface area (Å²) in [7, 11) is 0. The van der Waals surface area contributed by atoms with Crippen LogP contribution in [0, 0.1) is 29.1 Å². The van der Waals surface area contributed by atoms with Crippen LogP contribution < -0.4 is 4.90 Å². The van der Waals surface area contributed by atoms with E-state index in [2.05, 4.69) is 0 Å². The van der Waals surface area contributed by atoms with E-state index in [0.29, 0.717) is 12.8 Å². The first-order valence-corrected chi connectivity index (χ1v) is 6.38. The molecule has 0 spiro atoms. The molecule has 1 aromatic carbocycles. The minimum absolute atomic E-state index is 0.0412. The number of rotatable bonds is 5. The predicted molar refractivity (Wildman–Crippen MR) is 62.9 cm³/mol. The zero-order valence-electron chi connectivity index (χ0n) is 10.6. The number of aliphatic hydroxyl groups excluding tert-OH is 1. The van der Waals surface area contributed by atoms with Crippen LogP contribution in [0.5, 0.6) is 0 Å². The van der Waals surface area contributed by atoms with Crippen LogP contribution in [0.15, 0.2) is 0 Å². The average molecular weight is 295 g/mol. The molecule has 2 rings (SSSR count). The normalized spacial score (nSPS) is 15.3. The minimum Gasteiger partial charge on any atom is -0.396 e. The van der Waals surface area contributed by atoms with E-state index in [-0.39, 0.29) is 25.6 Å². The standard InChI is InChI=1S/C13H14F5NO/c14-8-9(15)11(17)13(12(18)10(8)16)19(5-2-6-20)7-3-1-4-7/h7,20H,1-6H2. The Labute approximate surface area is 112 Å². The molecule has 0 atom stereocenters. The highest BCUT2D eigenvalue weighted by Crippen LogP contribution is 2.36. The highest BCUT2D eigenvalue weighted by molar-refractivity contribution is 5.52. The third-order valence-corrected chi connectivity index (χ3v) is 3.55. The maximum Gasteiger partial charge on any atom is 0.200 e. The molecule has 1 aliphatic rings. The van der Waals surface area contributed by atoms with Crippen LogP contribution in [0.4, 0.5) is 27.6 Å². The lowest BCUT2D eigenvalue weighted by atomic mass is 9.90. The molecule has 0 aliphatic heterocycles. The van der Waals surface area contributed by atoms with Gasteiger partial charge in [-0.2, -0.15) is 0 Å². The lowest BCUT2D eigenvalue weighted by molar-refractivity contribution is 0.281.